The third kappa shape index (κ3) is 3.74. The minimum Gasteiger partial charge on any atom is -0.493 e. The molecule has 1 fully saturated rings. The second-order valence-electron chi connectivity index (χ2n) is 4.61. The van der Waals surface area contributed by atoms with E-state index in [1.165, 1.54) is 18.9 Å². The van der Waals surface area contributed by atoms with E-state index in [1.54, 1.807) is 13.2 Å². The summed E-state index contributed by atoms with van der Waals surface area (Å²) < 4.78 is 11.2. The molecular formula is C15H18O4. The van der Waals surface area contributed by atoms with Crippen LogP contribution in [0.5, 0.6) is 11.5 Å². The fourth-order valence-electron chi connectivity index (χ4n) is 2.24. The number of carboxylic acids is 1. The Balaban J connectivity index is 2.13. The molecule has 0 unspecified atom stereocenters. The molecule has 1 aliphatic carbocycles. The highest BCUT2D eigenvalue weighted by Crippen LogP contribution is 2.32. The summed E-state index contributed by atoms with van der Waals surface area (Å²) in [6.07, 6.45) is 7.51. The molecule has 102 valence electrons. The summed E-state index contributed by atoms with van der Waals surface area (Å²) in [5.74, 6) is 0.395. The van der Waals surface area contributed by atoms with Crippen LogP contribution in [-0.4, -0.2) is 24.3 Å². The molecule has 1 aliphatic rings. The number of methoxy groups -OCH3 is 1. The van der Waals surface area contributed by atoms with Gasteiger partial charge in [0.05, 0.1) is 13.2 Å². The van der Waals surface area contributed by atoms with Gasteiger partial charge < -0.3 is 14.6 Å². The lowest BCUT2D eigenvalue weighted by Crippen LogP contribution is -2.11. The zero-order chi connectivity index (χ0) is 13.7. The largest absolute Gasteiger partial charge is 0.493 e. The van der Waals surface area contributed by atoms with Crippen molar-refractivity contribution in [1.29, 1.82) is 0 Å². The first kappa shape index (κ1) is 13.5. The van der Waals surface area contributed by atoms with Gasteiger partial charge in [0.1, 0.15) is 0 Å². The maximum absolute atomic E-state index is 10.5. The van der Waals surface area contributed by atoms with E-state index >= 15 is 0 Å². The van der Waals surface area contributed by atoms with Crippen molar-refractivity contribution in [2.24, 2.45) is 0 Å². The number of carboxylic acid groups (broad SMARTS) is 1. The predicted octanol–water partition coefficient (Wildman–Crippen LogP) is 3.11. The molecule has 0 heterocycles. The average Bonchev–Trinajstić information content (AvgIpc) is 2.90. The van der Waals surface area contributed by atoms with Crippen LogP contribution in [0.1, 0.15) is 31.2 Å². The number of hydrogen-bond donors (Lipinski definition) is 1. The summed E-state index contributed by atoms with van der Waals surface area (Å²) in [4.78, 5) is 10.5. The number of benzene rings is 1. The van der Waals surface area contributed by atoms with Crippen molar-refractivity contribution in [3.8, 4) is 11.5 Å². The van der Waals surface area contributed by atoms with E-state index in [0.29, 0.717) is 5.75 Å². The molecule has 0 bridgehead atoms. The molecule has 0 saturated heterocycles. The zero-order valence-corrected chi connectivity index (χ0v) is 11.0. The molecule has 1 saturated carbocycles. The highest BCUT2D eigenvalue weighted by atomic mass is 16.5. The Hall–Kier alpha value is -1.97. The quantitative estimate of drug-likeness (QED) is 0.828. The van der Waals surface area contributed by atoms with Crippen molar-refractivity contribution in [3.05, 3.63) is 29.8 Å². The second kappa shape index (κ2) is 6.27. The molecule has 0 radical (unpaired) electrons. The van der Waals surface area contributed by atoms with Gasteiger partial charge in [-0.2, -0.15) is 0 Å². The summed E-state index contributed by atoms with van der Waals surface area (Å²) in [7, 11) is 1.58. The van der Waals surface area contributed by atoms with Gasteiger partial charge in [0.2, 0.25) is 0 Å². The van der Waals surface area contributed by atoms with Crippen molar-refractivity contribution in [2.45, 2.75) is 31.8 Å². The van der Waals surface area contributed by atoms with E-state index in [0.717, 1.165) is 30.2 Å². The van der Waals surface area contributed by atoms with Crippen LogP contribution in [-0.2, 0) is 4.79 Å². The molecule has 1 N–H and O–H groups in total. The molecule has 1 aromatic rings. The van der Waals surface area contributed by atoms with Crippen molar-refractivity contribution in [3.63, 3.8) is 0 Å². The number of ether oxygens (including phenoxy) is 2. The standard InChI is InChI=1S/C15H18O4/c1-18-14-10-11(7-9-15(16)17)6-8-13(14)19-12-4-2-3-5-12/h6-10,12H,2-5H2,1H3,(H,16,17)/b9-7+. The van der Waals surface area contributed by atoms with E-state index in [2.05, 4.69) is 0 Å². The minimum atomic E-state index is -0.967. The van der Waals surface area contributed by atoms with Gasteiger partial charge in [0.25, 0.3) is 0 Å². The summed E-state index contributed by atoms with van der Waals surface area (Å²) in [6, 6.07) is 5.44. The van der Waals surface area contributed by atoms with Crippen LogP contribution in [0.2, 0.25) is 0 Å². The van der Waals surface area contributed by atoms with E-state index < -0.39 is 5.97 Å². The third-order valence-electron chi connectivity index (χ3n) is 3.20. The molecule has 0 amide bonds. The predicted molar refractivity (Wildman–Crippen MR) is 72.5 cm³/mol. The van der Waals surface area contributed by atoms with Crippen molar-refractivity contribution >= 4 is 12.0 Å². The van der Waals surface area contributed by atoms with Gasteiger partial charge in [-0.3, -0.25) is 0 Å². The van der Waals surface area contributed by atoms with Gasteiger partial charge in [0, 0.05) is 6.08 Å². The third-order valence-corrected chi connectivity index (χ3v) is 3.20. The Morgan fingerprint density at radius 3 is 2.68 bits per heavy atom. The minimum absolute atomic E-state index is 0.273. The van der Waals surface area contributed by atoms with Crippen LogP contribution in [0.25, 0.3) is 6.08 Å². The summed E-state index contributed by atoms with van der Waals surface area (Å²) in [5, 5.41) is 8.60. The second-order valence-corrected chi connectivity index (χ2v) is 4.61. The fourth-order valence-corrected chi connectivity index (χ4v) is 2.24. The maximum Gasteiger partial charge on any atom is 0.328 e. The number of aliphatic carboxylic acids is 1. The molecule has 0 aliphatic heterocycles. The van der Waals surface area contributed by atoms with Gasteiger partial charge in [-0.05, 0) is 49.5 Å². The van der Waals surface area contributed by atoms with Crippen molar-refractivity contribution in [1.82, 2.24) is 0 Å². The fraction of sp³-hybridized carbons (Fsp3) is 0.400. The van der Waals surface area contributed by atoms with Crippen LogP contribution < -0.4 is 9.47 Å². The first-order chi connectivity index (χ1) is 9.19. The van der Waals surface area contributed by atoms with E-state index in [1.807, 2.05) is 12.1 Å². The van der Waals surface area contributed by atoms with Crippen LogP contribution in [0.3, 0.4) is 0 Å². The van der Waals surface area contributed by atoms with Gasteiger partial charge >= 0.3 is 5.97 Å². The SMILES string of the molecule is COc1cc(/C=C/C(=O)O)ccc1OC1CCCC1. The van der Waals surface area contributed by atoms with Crippen LogP contribution >= 0.6 is 0 Å². The van der Waals surface area contributed by atoms with E-state index in [9.17, 15) is 4.79 Å². The van der Waals surface area contributed by atoms with Crippen molar-refractivity contribution in [2.75, 3.05) is 7.11 Å². The average molecular weight is 262 g/mol. The molecule has 2 rings (SSSR count). The lowest BCUT2D eigenvalue weighted by atomic mass is 10.2. The monoisotopic (exact) mass is 262 g/mol. The molecule has 0 aromatic heterocycles. The highest BCUT2D eigenvalue weighted by Gasteiger charge is 2.18. The van der Waals surface area contributed by atoms with Gasteiger partial charge in [0.15, 0.2) is 11.5 Å². The number of rotatable bonds is 5. The Labute approximate surface area is 112 Å². The lowest BCUT2D eigenvalue weighted by molar-refractivity contribution is -0.131. The van der Waals surface area contributed by atoms with Gasteiger partial charge in [-0.15, -0.1) is 0 Å². The summed E-state index contributed by atoms with van der Waals surface area (Å²) in [5.41, 5.74) is 0.776. The normalized spacial score (nSPS) is 15.8. The Kier molecular flexibility index (Phi) is 4.44. The van der Waals surface area contributed by atoms with Gasteiger partial charge in [-0.1, -0.05) is 6.07 Å². The number of hydrogen-bond acceptors (Lipinski definition) is 3. The number of carbonyl (C=O) groups is 1. The topological polar surface area (TPSA) is 55.8 Å². The van der Waals surface area contributed by atoms with Crippen LogP contribution in [0.4, 0.5) is 0 Å². The zero-order valence-electron chi connectivity index (χ0n) is 11.0. The van der Waals surface area contributed by atoms with Crippen LogP contribution in [0.15, 0.2) is 24.3 Å². The van der Waals surface area contributed by atoms with Crippen LogP contribution in [0, 0.1) is 0 Å². The Morgan fingerprint density at radius 2 is 2.05 bits per heavy atom. The molecule has 0 spiro atoms. The lowest BCUT2D eigenvalue weighted by Gasteiger charge is -2.16. The molecule has 4 nitrogen and oxygen atoms in total. The molecule has 19 heavy (non-hydrogen) atoms. The smallest absolute Gasteiger partial charge is 0.328 e. The van der Waals surface area contributed by atoms with Gasteiger partial charge in [-0.25, -0.2) is 4.79 Å². The first-order valence-electron chi connectivity index (χ1n) is 6.45. The summed E-state index contributed by atoms with van der Waals surface area (Å²) in [6.45, 7) is 0. The first-order valence-corrected chi connectivity index (χ1v) is 6.45. The Morgan fingerprint density at radius 1 is 1.32 bits per heavy atom. The molecular weight excluding hydrogens is 244 g/mol. The van der Waals surface area contributed by atoms with E-state index in [-0.39, 0.29) is 6.10 Å². The molecule has 4 heteroatoms. The van der Waals surface area contributed by atoms with Crippen molar-refractivity contribution < 1.29 is 19.4 Å². The Bertz CT molecular complexity index is 473. The highest BCUT2D eigenvalue weighted by molar-refractivity contribution is 5.85. The molecule has 1 aromatic carbocycles. The summed E-state index contributed by atoms with van der Waals surface area (Å²) >= 11 is 0. The van der Waals surface area contributed by atoms with E-state index in [4.69, 9.17) is 14.6 Å². The molecule has 0 atom stereocenters. The maximum atomic E-state index is 10.5.